The predicted octanol–water partition coefficient (Wildman–Crippen LogP) is 4.46. The molecule has 198 valence electrons. The van der Waals surface area contributed by atoms with Gasteiger partial charge in [-0.05, 0) is 48.0 Å². The van der Waals surface area contributed by atoms with Crippen LogP contribution in [0.1, 0.15) is 0 Å². The molecule has 1 aliphatic rings. The SMILES string of the molecule is C=CC(=O)Nc1cccc(-c2cccc3cnc(Nc4ccc(N5CCN(CCOC=O)CC5)cc4)nc23)c1. The summed E-state index contributed by atoms with van der Waals surface area (Å²) in [5, 5.41) is 7.06. The smallest absolute Gasteiger partial charge is 0.293 e. The fourth-order valence-corrected chi connectivity index (χ4v) is 4.65. The van der Waals surface area contributed by atoms with Gasteiger partial charge in [0.2, 0.25) is 11.9 Å². The fraction of sp³-hybridized carbons (Fsp3) is 0.200. The topological polar surface area (TPSA) is 99.7 Å². The molecule has 1 fully saturated rings. The zero-order valence-electron chi connectivity index (χ0n) is 21.5. The number of fused-ring (bicyclic) bond motifs is 1. The molecule has 4 aromatic rings. The van der Waals surface area contributed by atoms with Crippen LogP contribution >= 0.6 is 0 Å². The van der Waals surface area contributed by atoms with Crippen molar-refractivity contribution in [2.45, 2.75) is 0 Å². The Labute approximate surface area is 227 Å². The van der Waals surface area contributed by atoms with Gasteiger partial charge in [0.15, 0.2) is 0 Å². The van der Waals surface area contributed by atoms with Gasteiger partial charge in [0.1, 0.15) is 6.61 Å². The van der Waals surface area contributed by atoms with Gasteiger partial charge in [-0.15, -0.1) is 0 Å². The lowest BCUT2D eigenvalue weighted by molar-refractivity contribution is -0.129. The number of para-hydroxylation sites is 1. The molecule has 2 N–H and O–H groups in total. The molecule has 0 aliphatic carbocycles. The number of carbonyl (C=O) groups is 2. The third-order valence-corrected chi connectivity index (χ3v) is 6.69. The van der Waals surface area contributed by atoms with E-state index in [2.05, 4.69) is 44.1 Å². The Morgan fingerprint density at radius 2 is 1.79 bits per heavy atom. The molecule has 39 heavy (non-hydrogen) atoms. The second-order valence-electron chi connectivity index (χ2n) is 9.18. The minimum absolute atomic E-state index is 0.256. The Bertz CT molecular complexity index is 1470. The molecule has 0 spiro atoms. The number of carbonyl (C=O) groups excluding carboxylic acids is 2. The molecule has 3 aromatic carbocycles. The van der Waals surface area contributed by atoms with E-state index in [1.54, 1.807) is 0 Å². The highest BCUT2D eigenvalue weighted by Crippen LogP contribution is 2.30. The first-order valence-corrected chi connectivity index (χ1v) is 12.8. The van der Waals surface area contributed by atoms with E-state index >= 15 is 0 Å². The number of rotatable bonds is 10. The fourth-order valence-electron chi connectivity index (χ4n) is 4.65. The Balaban J connectivity index is 1.29. The number of piperazine rings is 1. The van der Waals surface area contributed by atoms with Crippen LogP contribution in [0.25, 0.3) is 22.0 Å². The number of hydrogen-bond donors (Lipinski definition) is 2. The zero-order valence-corrected chi connectivity index (χ0v) is 21.5. The molecule has 0 bridgehead atoms. The summed E-state index contributed by atoms with van der Waals surface area (Å²) >= 11 is 0. The summed E-state index contributed by atoms with van der Waals surface area (Å²) in [4.78, 5) is 36.1. The van der Waals surface area contributed by atoms with Gasteiger partial charge in [0.25, 0.3) is 6.47 Å². The van der Waals surface area contributed by atoms with E-state index in [0.29, 0.717) is 24.7 Å². The first kappa shape index (κ1) is 25.9. The van der Waals surface area contributed by atoms with Crippen LogP contribution in [0.15, 0.2) is 85.6 Å². The van der Waals surface area contributed by atoms with Crippen LogP contribution < -0.4 is 15.5 Å². The molecular weight excluding hydrogens is 492 g/mol. The van der Waals surface area contributed by atoms with E-state index in [0.717, 1.165) is 66.1 Å². The van der Waals surface area contributed by atoms with Crippen LogP contribution in [-0.2, 0) is 14.3 Å². The van der Waals surface area contributed by atoms with E-state index < -0.39 is 0 Å². The molecule has 1 amide bonds. The molecular formula is C30H30N6O3. The van der Waals surface area contributed by atoms with Crippen molar-refractivity contribution in [1.82, 2.24) is 14.9 Å². The number of benzene rings is 3. The lowest BCUT2D eigenvalue weighted by Gasteiger charge is -2.35. The van der Waals surface area contributed by atoms with Crippen molar-refractivity contribution in [3.8, 4) is 11.1 Å². The summed E-state index contributed by atoms with van der Waals surface area (Å²) in [7, 11) is 0. The summed E-state index contributed by atoms with van der Waals surface area (Å²) < 4.78 is 4.81. The van der Waals surface area contributed by atoms with Crippen molar-refractivity contribution in [3.63, 3.8) is 0 Å². The number of aromatic nitrogens is 2. The minimum Gasteiger partial charge on any atom is -0.467 e. The van der Waals surface area contributed by atoms with E-state index in [9.17, 15) is 9.59 Å². The third-order valence-electron chi connectivity index (χ3n) is 6.69. The van der Waals surface area contributed by atoms with Crippen molar-refractivity contribution < 1.29 is 14.3 Å². The average Bonchev–Trinajstić information content (AvgIpc) is 2.98. The number of anilines is 4. The normalized spacial score (nSPS) is 13.6. The number of hydrogen-bond acceptors (Lipinski definition) is 8. The lowest BCUT2D eigenvalue weighted by atomic mass is 10.0. The quantitative estimate of drug-likeness (QED) is 0.179. The monoisotopic (exact) mass is 522 g/mol. The van der Waals surface area contributed by atoms with Gasteiger partial charge in [-0.25, -0.2) is 9.97 Å². The highest BCUT2D eigenvalue weighted by atomic mass is 16.5. The van der Waals surface area contributed by atoms with Crippen LogP contribution in [0.4, 0.5) is 23.0 Å². The summed E-state index contributed by atoms with van der Waals surface area (Å²) in [6.07, 6.45) is 3.06. The van der Waals surface area contributed by atoms with Gasteiger partial charge < -0.3 is 20.3 Å². The zero-order chi connectivity index (χ0) is 27.0. The maximum absolute atomic E-state index is 11.8. The molecule has 9 nitrogen and oxygen atoms in total. The summed E-state index contributed by atoms with van der Waals surface area (Å²) in [6, 6.07) is 21.9. The maximum atomic E-state index is 11.8. The van der Waals surface area contributed by atoms with Crippen molar-refractivity contribution in [2.75, 3.05) is 54.9 Å². The first-order valence-electron chi connectivity index (χ1n) is 12.8. The van der Waals surface area contributed by atoms with E-state index in [4.69, 9.17) is 9.72 Å². The van der Waals surface area contributed by atoms with Crippen molar-refractivity contribution in [1.29, 1.82) is 0 Å². The summed E-state index contributed by atoms with van der Waals surface area (Å²) in [6.45, 7) is 8.91. The average molecular weight is 523 g/mol. The Morgan fingerprint density at radius 3 is 2.56 bits per heavy atom. The minimum atomic E-state index is -0.256. The van der Waals surface area contributed by atoms with Crippen LogP contribution in [0.2, 0.25) is 0 Å². The van der Waals surface area contributed by atoms with Crippen molar-refractivity contribution >= 4 is 46.3 Å². The number of nitrogens with one attached hydrogen (secondary N) is 2. The highest BCUT2D eigenvalue weighted by molar-refractivity contribution is 6.00. The highest BCUT2D eigenvalue weighted by Gasteiger charge is 2.17. The molecule has 1 aromatic heterocycles. The van der Waals surface area contributed by atoms with Crippen LogP contribution in [0.5, 0.6) is 0 Å². The van der Waals surface area contributed by atoms with Crippen LogP contribution in [0.3, 0.4) is 0 Å². The molecule has 0 radical (unpaired) electrons. The molecule has 5 rings (SSSR count). The predicted molar refractivity (Wildman–Crippen MR) is 154 cm³/mol. The second-order valence-corrected chi connectivity index (χ2v) is 9.18. The van der Waals surface area contributed by atoms with Gasteiger partial charge in [-0.1, -0.05) is 36.9 Å². The summed E-state index contributed by atoms with van der Waals surface area (Å²) in [5.41, 5.74) is 5.45. The number of amides is 1. The molecule has 9 heteroatoms. The van der Waals surface area contributed by atoms with Gasteiger partial charge in [-0.3, -0.25) is 14.5 Å². The van der Waals surface area contributed by atoms with E-state index in [-0.39, 0.29) is 5.91 Å². The van der Waals surface area contributed by atoms with Gasteiger partial charge in [-0.2, -0.15) is 0 Å². The van der Waals surface area contributed by atoms with Crippen molar-refractivity contribution in [3.05, 3.63) is 85.6 Å². The number of nitrogens with zero attached hydrogens (tertiary/aromatic N) is 4. The lowest BCUT2D eigenvalue weighted by Crippen LogP contribution is -2.47. The number of ether oxygens (including phenoxy) is 1. The van der Waals surface area contributed by atoms with Gasteiger partial charge in [0, 0.05) is 66.9 Å². The standard InChI is InChI=1S/C30H30N6O3/c1-2-28(38)32-25-7-3-5-22(19-25)27-8-4-6-23-20-31-30(34-29(23)27)33-24-9-11-26(12-10-24)36-15-13-35(14-16-36)17-18-39-21-37/h2-12,19-21H,1,13-18H2,(H,32,38)(H,31,33,34). The van der Waals surface area contributed by atoms with Crippen molar-refractivity contribution in [2.24, 2.45) is 0 Å². The van der Waals surface area contributed by atoms with Gasteiger partial charge >= 0.3 is 0 Å². The van der Waals surface area contributed by atoms with E-state index in [1.165, 1.54) is 6.08 Å². The first-order chi connectivity index (χ1) is 19.1. The maximum Gasteiger partial charge on any atom is 0.293 e. The Hall–Kier alpha value is -4.76. The molecule has 1 saturated heterocycles. The largest absolute Gasteiger partial charge is 0.467 e. The third kappa shape index (κ3) is 6.39. The van der Waals surface area contributed by atoms with Crippen LogP contribution in [-0.4, -0.2) is 66.6 Å². The Morgan fingerprint density at radius 1 is 1.00 bits per heavy atom. The Kier molecular flexibility index (Phi) is 8.09. The second kappa shape index (κ2) is 12.2. The molecule has 0 atom stereocenters. The van der Waals surface area contributed by atoms with E-state index in [1.807, 2.05) is 60.8 Å². The van der Waals surface area contributed by atoms with Gasteiger partial charge in [0.05, 0.1) is 5.52 Å². The summed E-state index contributed by atoms with van der Waals surface area (Å²) in [5.74, 6) is 0.248. The molecule has 2 heterocycles. The molecule has 0 saturated carbocycles. The van der Waals surface area contributed by atoms with Crippen LogP contribution in [0, 0.1) is 0 Å². The molecule has 0 unspecified atom stereocenters. The molecule has 1 aliphatic heterocycles.